The number of anilines is 1. The molecule has 3 rings (SSSR count). The molecule has 6 nitrogen and oxygen atoms in total. The molecule has 0 aliphatic rings. The molecule has 0 spiro atoms. The molecule has 0 aliphatic carbocycles. The van der Waals surface area contributed by atoms with Crippen LogP contribution in [0.3, 0.4) is 0 Å². The molecule has 3 aromatic rings. The Morgan fingerprint density at radius 3 is 2.86 bits per heavy atom. The number of nitrogens with one attached hydrogen (secondary N) is 2. The third-order valence-electron chi connectivity index (χ3n) is 2.64. The van der Waals surface area contributed by atoms with Crippen LogP contribution in [0, 0.1) is 0 Å². The quantitative estimate of drug-likeness (QED) is 0.605. The van der Waals surface area contributed by atoms with Crippen LogP contribution in [0.25, 0.3) is 11.2 Å². The van der Waals surface area contributed by atoms with Gasteiger partial charge < -0.3 is 4.98 Å². The van der Waals surface area contributed by atoms with E-state index in [2.05, 4.69) is 57.1 Å². The summed E-state index contributed by atoms with van der Waals surface area (Å²) in [6, 6.07) is 5.22. The normalized spacial score (nSPS) is 10.8. The van der Waals surface area contributed by atoms with Crippen molar-refractivity contribution in [1.29, 1.82) is 0 Å². The Balaban J connectivity index is 1.92. The van der Waals surface area contributed by atoms with E-state index in [4.69, 9.17) is 11.6 Å². The van der Waals surface area contributed by atoms with Crippen LogP contribution in [-0.4, -0.2) is 25.8 Å². The first-order valence-electron chi connectivity index (χ1n) is 5.67. The lowest BCUT2D eigenvalue weighted by Gasteiger charge is -2.06. The molecule has 106 valence electrons. The number of fused-ring (bicyclic) bond motifs is 1. The number of aromatic amines is 1. The number of imidazole rings is 1. The Kier molecular flexibility index (Phi) is 3.92. The van der Waals surface area contributed by atoms with Gasteiger partial charge in [-0.3, -0.25) is 10.1 Å². The molecule has 1 amide bonds. The van der Waals surface area contributed by atoms with Crippen LogP contribution in [0.15, 0.2) is 33.5 Å². The molecule has 0 fully saturated rings. The minimum absolute atomic E-state index is 0.0967. The van der Waals surface area contributed by atoms with Gasteiger partial charge in [0.05, 0.1) is 11.9 Å². The van der Waals surface area contributed by atoms with E-state index in [1.54, 1.807) is 18.2 Å². The number of nitrogens with zero attached hydrogens (tertiary/aromatic N) is 3. The second-order valence-electron chi connectivity index (χ2n) is 4.02. The van der Waals surface area contributed by atoms with Gasteiger partial charge in [-0.25, -0.2) is 4.98 Å². The summed E-state index contributed by atoms with van der Waals surface area (Å²) in [5.74, 6) is -0.250. The van der Waals surface area contributed by atoms with E-state index >= 15 is 0 Å². The number of aromatic nitrogens is 4. The molecule has 2 heterocycles. The Labute approximate surface area is 140 Å². The summed E-state index contributed by atoms with van der Waals surface area (Å²) >= 11 is 12.7. The standard InChI is InChI=1S/C12H6Br2ClN5O/c13-5-1-2-6(7(14)3-5)11(21)20-12-18-9(15)8-10(19-12)17-4-16-8/h1-4H,(H2,16,17,18,19,20,21). The Bertz CT molecular complexity index is 851. The lowest BCUT2D eigenvalue weighted by molar-refractivity contribution is 0.102. The number of H-pyrrole nitrogens is 1. The summed E-state index contributed by atoms with van der Waals surface area (Å²) in [4.78, 5) is 27.2. The highest BCUT2D eigenvalue weighted by atomic mass is 79.9. The van der Waals surface area contributed by atoms with Gasteiger partial charge in [-0.1, -0.05) is 27.5 Å². The molecule has 21 heavy (non-hydrogen) atoms. The van der Waals surface area contributed by atoms with Crippen molar-refractivity contribution in [2.24, 2.45) is 0 Å². The molecule has 0 radical (unpaired) electrons. The molecule has 0 saturated heterocycles. The van der Waals surface area contributed by atoms with Crippen LogP contribution >= 0.6 is 43.5 Å². The number of rotatable bonds is 2. The highest BCUT2D eigenvalue weighted by molar-refractivity contribution is 9.11. The summed E-state index contributed by atoms with van der Waals surface area (Å²) in [5, 5.41) is 2.79. The number of halogens is 3. The van der Waals surface area contributed by atoms with E-state index in [1.165, 1.54) is 6.33 Å². The van der Waals surface area contributed by atoms with Crippen LogP contribution in [0.2, 0.25) is 5.15 Å². The molecule has 2 N–H and O–H groups in total. The van der Waals surface area contributed by atoms with Crippen LogP contribution in [0.1, 0.15) is 10.4 Å². The predicted molar refractivity (Wildman–Crippen MR) is 86.5 cm³/mol. The van der Waals surface area contributed by atoms with Crippen molar-refractivity contribution in [3.63, 3.8) is 0 Å². The van der Waals surface area contributed by atoms with Crippen LogP contribution in [0.4, 0.5) is 5.95 Å². The van der Waals surface area contributed by atoms with Gasteiger partial charge in [0.15, 0.2) is 10.8 Å². The van der Waals surface area contributed by atoms with Crippen molar-refractivity contribution in [2.45, 2.75) is 0 Å². The lowest BCUT2D eigenvalue weighted by Crippen LogP contribution is -2.15. The molecule has 1 aromatic carbocycles. The molecule has 0 unspecified atom stereocenters. The number of hydrogen-bond acceptors (Lipinski definition) is 4. The van der Waals surface area contributed by atoms with Crippen molar-refractivity contribution in [1.82, 2.24) is 19.9 Å². The first-order valence-corrected chi connectivity index (χ1v) is 7.64. The monoisotopic (exact) mass is 429 g/mol. The van der Waals surface area contributed by atoms with Crippen molar-refractivity contribution in [3.8, 4) is 0 Å². The molecular weight excluding hydrogens is 425 g/mol. The molecule has 0 atom stereocenters. The number of carbonyl (C=O) groups is 1. The van der Waals surface area contributed by atoms with Gasteiger partial charge >= 0.3 is 0 Å². The fourth-order valence-electron chi connectivity index (χ4n) is 1.70. The molecule has 2 aromatic heterocycles. The first-order chi connectivity index (χ1) is 10.0. The van der Waals surface area contributed by atoms with Gasteiger partial charge in [0.1, 0.15) is 5.52 Å². The first kappa shape index (κ1) is 14.4. The minimum atomic E-state index is -0.347. The topological polar surface area (TPSA) is 83.6 Å². The highest BCUT2D eigenvalue weighted by Crippen LogP contribution is 2.23. The largest absolute Gasteiger partial charge is 0.341 e. The SMILES string of the molecule is O=C(Nc1nc(Cl)c2[nH]cnc2n1)c1ccc(Br)cc1Br. The van der Waals surface area contributed by atoms with Crippen molar-refractivity contribution in [2.75, 3.05) is 5.32 Å². The lowest BCUT2D eigenvalue weighted by atomic mass is 10.2. The van der Waals surface area contributed by atoms with Crippen molar-refractivity contribution >= 4 is 66.5 Å². The summed E-state index contributed by atoms with van der Waals surface area (Å²) in [5.41, 5.74) is 1.37. The number of hydrogen-bond donors (Lipinski definition) is 2. The van der Waals surface area contributed by atoms with Crippen molar-refractivity contribution < 1.29 is 4.79 Å². The summed E-state index contributed by atoms with van der Waals surface area (Å²) in [6.07, 6.45) is 1.46. The molecular formula is C12H6Br2ClN5O. The van der Waals surface area contributed by atoms with Gasteiger partial charge in [0, 0.05) is 8.95 Å². The zero-order chi connectivity index (χ0) is 15.0. The molecule has 0 bridgehead atoms. The van der Waals surface area contributed by atoms with Gasteiger partial charge in [0.2, 0.25) is 5.95 Å². The Morgan fingerprint density at radius 2 is 2.10 bits per heavy atom. The van der Waals surface area contributed by atoms with E-state index < -0.39 is 0 Å². The maximum atomic E-state index is 12.2. The average Bonchev–Trinajstić information content (AvgIpc) is 2.87. The van der Waals surface area contributed by atoms with E-state index in [1.807, 2.05) is 0 Å². The molecule has 0 aliphatic heterocycles. The smallest absolute Gasteiger partial charge is 0.259 e. The fraction of sp³-hybridized carbons (Fsp3) is 0. The van der Waals surface area contributed by atoms with E-state index in [0.717, 1.165) is 4.47 Å². The number of benzene rings is 1. The van der Waals surface area contributed by atoms with Gasteiger partial charge in [-0.05, 0) is 34.1 Å². The maximum Gasteiger partial charge on any atom is 0.259 e. The van der Waals surface area contributed by atoms with Gasteiger partial charge in [-0.15, -0.1) is 0 Å². The van der Waals surface area contributed by atoms with Crippen LogP contribution in [0.5, 0.6) is 0 Å². The minimum Gasteiger partial charge on any atom is -0.341 e. The zero-order valence-corrected chi connectivity index (χ0v) is 14.1. The van der Waals surface area contributed by atoms with Gasteiger partial charge in [-0.2, -0.15) is 9.97 Å². The van der Waals surface area contributed by atoms with Crippen molar-refractivity contribution in [3.05, 3.63) is 44.2 Å². The fourth-order valence-corrected chi connectivity index (χ4v) is 3.14. The summed E-state index contributed by atoms with van der Waals surface area (Å²) in [6.45, 7) is 0. The van der Waals surface area contributed by atoms with Crippen LogP contribution in [-0.2, 0) is 0 Å². The van der Waals surface area contributed by atoms with Crippen LogP contribution < -0.4 is 5.32 Å². The Morgan fingerprint density at radius 1 is 1.29 bits per heavy atom. The third-order valence-corrected chi connectivity index (χ3v) is 4.07. The average molecular weight is 431 g/mol. The molecule has 9 heteroatoms. The third kappa shape index (κ3) is 2.92. The van der Waals surface area contributed by atoms with Gasteiger partial charge in [0.25, 0.3) is 5.91 Å². The van der Waals surface area contributed by atoms with E-state index in [9.17, 15) is 4.79 Å². The second kappa shape index (κ2) is 5.70. The predicted octanol–water partition coefficient (Wildman–Crippen LogP) is 3.78. The maximum absolute atomic E-state index is 12.2. The molecule has 0 saturated carbocycles. The van der Waals surface area contributed by atoms with E-state index in [0.29, 0.717) is 21.2 Å². The zero-order valence-electron chi connectivity index (χ0n) is 10.2. The second-order valence-corrected chi connectivity index (χ2v) is 6.15. The Hall–Kier alpha value is -1.51. The van der Waals surface area contributed by atoms with E-state index in [-0.39, 0.29) is 17.0 Å². The number of amides is 1. The highest BCUT2D eigenvalue weighted by Gasteiger charge is 2.14. The summed E-state index contributed by atoms with van der Waals surface area (Å²) in [7, 11) is 0. The number of carbonyl (C=O) groups excluding carboxylic acids is 1. The summed E-state index contributed by atoms with van der Waals surface area (Å²) < 4.78 is 1.52.